The van der Waals surface area contributed by atoms with Crippen LogP contribution in [0.15, 0.2) is 0 Å². The van der Waals surface area contributed by atoms with Gasteiger partial charge in [-0.1, -0.05) is 6.92 Å². The zero-order valence-corrected chi connectivity index (χ0v) is 9.93. The standard InChI is InChI=1S/C4H7O.C3H8O.CH3.Zr/c1-2-4-3-5-4;1-2-3-4;;/h4H,1-3H2;4H,2-3H2,1H3;1H3;/q-1;;-1;+2. The summed E-state index contributed by atoms with van der Waals surface area (Å²) in [7, 11) is 0. The molecule has 11 heavy (non-hydrogen) atoms. The first kappa shape index (κ1) is 17.8. The Morgan fingerprint density at radius 1 is 1.64 bits per heavy atom. The molecule has 0 aromatic carbocycles. The van der Waals surface area contributed by atoms with Crippen molar-refractivity contribution in [2.45, 2.75) is 25.9 Å². The van der Waals surface area contributed by atoms with E-state index in [1.165, 1.54) is 0 Å². The number of aliphatic hydroxyl groups is 1. The fourth-order valence-corrected chi connectivity index (χ4v) is 0.235. The second-order valence-electron chi connectivity index (χ2n) is 1.97. The average Bonchev–Trinajstić information content (AvgIpc) is 2.70. The van der Waals surface area contributed by atoms with Crippen LogP contribution in [0, 0.1) is 14.4 Å². The molecule has 66 valence electrons. The van der Waals surface area contributed by atoms with Gasteiger partial charge in [-0.2, -0.15) is 6.42 Å². The van der Waals surface area contributed by atoms with Crippen molar-refractivity contribution in [2.75, 3.05) is 13.2 Å². The van der Waals surface area contributed by atoms with Gasteiger partial charge in [0.2, 0.25) is 0 Å². The maximum atomic E-state index is 7.88. The van der Waals surface area contributed by atoms with Gasteiger partial charge in [-0.15, -0.1) is 0 Å². The fraction of sp³-hybridized carbons (Fsp3) is 0.750. The Kier molecular flexibility index (Phi) is 21.6. The van der Waals surface area contributed by atoms with Gasteiger partial charge in [-0.25, -0.2) is 0 Å². The van der Waals surface area contributed by atoms with Crippen LogP contribution in [-0.4, -0.2) is 24.4 Å². The maximum Gasteiger partial charge on any atom is 2.00 e. The van der Waals surface area contributed by atoms with E-state index in [1.807, 2.05) is 6.92 Å². The molecule has 0 spiro atoms. The Bertz CT molecular complexity index is 54.1. The second kappa shape index (κ2) is 13.4. The van der Waals surface area contributed by atoms with Gasteiger partial charge in [0.1, 0.15) is 0 Å². The molecule has 1 aliphatic rings. The molecule has 1 heterocycles. The molecule has 0 aromatic rings. The molecule has 1 saturated heterocycles. The third kappa shape index (κ3) is 18.1. The van der Waals surface area contributed by atoms with Crippen molar-refractivity contribution in [2.24, 2.45) is 0 Å². The Morgan fingerprint density at radius 3 is 2.00 bits per heavy atom. The molecular formula is C8H18O2Zr. The van der Waals surface area contributed by atoms with Crippen LogP contribution in [0.4, 0.5) is 0 Å². The van der Waals surface area contributed by atoms with E-state index in [9.17, 15) is 0 Å². The topological polar surface area (TPSA) is 32.8 Å². The summed E-state index contributed by atoms with van der Waals surface area (Å²) in [4.78, 5) is 0. The number of hydrogen-bond donors (Lipinski definition) is 1. The summed E-state index contributed by atoms with van der Waals surface area (Å²) in [5.74, 6) is 0. The van der Waals surface area contributed by atoms with Gasteiger partial charge >= 0.3 is 26.2 Å². The van der Waals surface area contributed by atoms with Crippen LogP contribution in [0.1, 0.15) is 19.8 Å². The number of ether oxygens (including phenoxy) is 1. The smallest absolute Gasteiger partial charge is 0.396 e. The van der Waals surface area contributed by atoms with E-state index in [0.717, 1.165) is 19.4 Å². The number of aliphatic hydroxyl groups excluding tert-OH is 1. The molecule has 0 bridgehead atoms. The molecule has 3 heteroatoms. The van der Waals surface area contributed by atoms with E-state index < -0.39 is 0 Å². The molecule has 1 N–H and O–H groups in total. The molecule has 0 radical (unpaired) electrons. The molecule has 1 fully saturated rings. The van der Waals surface area contributed by atoms with Crippen molar-refractivity contribution < 1.29 is 36.0 Å². The summed E-state index contributed by atoms with van der Waals surface area (Å²) in [6.07, 6.45) is 2.34. The fourth-order valence-electron chi connectivity index (χ4n) is 0.235. The third-order valence-electron chi connectivity index (χ3n) is 0.948. The average molecular weight is 237 g/mol. The van der Waals surface area contributed by atoms with Crippen LogP contribution >= 0.6 is 0 Å². The summed E-state index contributed by atoms with van der Waals surface area (Å²) >= 11 is 0. The van der Waals surface area contributed by atoms with Crippen LogP contribution in [0.3, 0.4) is 0 Å². The predicted molar refractivity (Wildman–Crippen MR) is 43.5 cm³/mol. The Morgan fingerprint density at radius 2 is 2.00 bits per heavy atom. The number of hydrogen-bond acceptors (Lipinski definition) is 2. The zero-order chi connectivity index (χ0) is 7.11. The van der Waals surface area contributed by atoms with Crippen LogP contribution in [0.2, 0.25) is 0 Å². The Hall–Kier alpha value is 0.803. The molecule has 1 aliphatic heterocycles. The summed E-state index contributed by atoms with van der Waals surface area (Å²) in [6.45, 7) is 6.82. The molecule has 1 rings (SSSR count). The molecule has 0 aromatic heterocycles. The van der Waals surface area contributed by atoms with E-state index >= 15 is 0 Å². The number of rotatable bonds is 2. The molecular weight excluding hydrogens is 219 g/mol. The van der Waals surface area contributed by atoms with E-state index in [-0.39, 0.29) is 33.6 Å². The largest absolute Gasteiger partial charge is 2.00 e. The van der Waals surface area contributed by atoms with Gasteiger partial charge in [-0.05, 0) is 6.42 Å². The van der Waals surface area contributed by atoms with E-state index in [2.05, 4.69) is 6.92 Å². The molecule has 1 unspecified atom stereocenters. The minimum absolute atomic E-state index is 0. The molecule has 2 nitrogen and oxygen atoms in total. The van der Waals surface area contributed by atoms with Crippen molar-refractivity contribution in [3.8, 4) is 0 Å². The first-order chi connectivity index (χ1) is 4.35. The Balaban J connectivity index is -0.000000101. The van der Waals surface area contributed by atoms with Gasteiger partial charge in [0.25, 0.3) is 0 Å². The normalized spacial score (nSPS) is 18.3. The number of epoxide rings is 1. The zero-order valence-electron chi connectivity index (χ0n) is 7.47. The van der Waals surface area contributed by atoms with Crippen LogP contribution in [-0.2, 0) is 30.9 Å². The quantitative estimate of drug-likeness (QED) is 0.582. The molecule has 0 aliphatic carbocycles. The molecule has 0 amide bonds. The summed E-state index contributed by atoms with van der Waals surface area (Å²) in [5.41, 5.74) is 0. The van der Waals surface area contributed by atoms with E-state index in [4.69, 9.17) is 9.84 Å². The summed E-state index contributed by atoms with van der Waals surface area (Å²) < 4.78 is 4.80. The van der Waals surface area contributed by atoms with Crippen LogP contribution in [0.5, 0.6) is 0 Å². The summed E-state index contributed by atoms with van der Waals surface area (Å²) in [6, 6.07) is 0. The van der Waals surface area contributed by atoms with Crippen molar-refractivity contribution in [1.29, 1.82) is 0 Å². The van der Waals surface area contributed by atoms with Crippen molar-refractivity contribution >= 4 is 0 Å². The first-order valence-corrected chi connectivity index (χ1v) is 3.36. The maximum absolute atomic E-state index is 7.88. The van der Waals surface area contributed by atoms with Gasteiger partial charge in [-0.3, -0.25) is 0 Å². The van der Waals surface area contributed by atoms with Crippen molar-refractivity contribution in [3.05, 3.63) is 14.4 Å². The monoisotopic (exact) mass is 236 g/mol. The van der Waals surface area contributed by atoms with Gasteiger partial charge in [0, 0.05) is 6.61 Å². The predicted octanol–water partition coefficient (Wildman–Crippen LogP) is 1.45. The van der Waals surface area contributed by atoms with E-state index in [1.54, 1.807) is 0 Å². The molecule has 1 atom stereocenters. The SMILES string of the molecule is CCCO.[CH2-]CC1CO1.[CH3-].[Zr+2]. The Labute approximate surface area is 89.5 Å². The third-order valence-corrected chi connectivity index (χ3v) is 0.948. The van der Waals surface area contributed by atoms with Crippen LogP contribution < -0.4 is 0 Å². The van der Waals surface area contributed by atoms with Gasteiger partial charge < -0.3 is 24.2 Å². The van der Waals surface area contributed by atoms with Crippen LogP contribution in [0.25, 0.3) is 0 Å². The molecule has 0 saturated carbocycles. The second-order valence-corrected chi connectivity index (χ2v) is 1.97. The van der Waals surface area contributed by atoms with Gasteiger partial charge in [0.05, 0.1) is 12.7 Å². The minimum atomic E-state index is 0. The first-order valence-electron chi connectivity index (χ1n) is 3.36. The van der Waals surface area contributed by atoms with Gasteiger partial charge in [0.15, 0.2) is 0 Å². The minimum Gasteiger partial charge on any atom is -0.396 e. The summed E-state index contributed by atoms with van der Waals surface area (Å²) in [5, 5.41) is 7.88. The van der Waals surface area contributed by atoms with Crippen molar-refractivity contribution in [1.82, 2.24) is 0 Å². The van der Waals surface area contributed by atoms with Crippen molar-refractivity contribution in [3.63, 3.8) is 0 Å². The van der Waals surface area contributed by atoms with E-state index in [0.29, 0.717) is 12.7 Å².